The van der Waals surface area contributed by atoms with Gasteiger partial charge < -0.3 is 10.5 Å². The van der Waals surface area contributed by atoms with Crippen molar-refractivity contribution in [3.63, 3.8) is 0 Å². The van der Waals surface area contributed by atoms with Gasteiger partial charge in [-0.05, 0) is 25.1 Å². The molecule has 0 saturated carbocycles. The molecule has 0 aliphatic rings. The molecule has 9 heteroatoms. The molecule has 1 rings (SSSR count). The molecule has 1 aromatic rings. The lowest BCUT2D eigenvalue weighted by Crippen LogP contribution is -2.37. The Morgan fingerprint density at radius 1 is 1.42 bits per heavy atom. The fourth-order valence-electron chi connectivity index (χ4n) is 1.22. The summed E-state index contributed by atoms with van der Waals surface area (Å²) in [7, 11) is -3.95. The highest BCUT2D eigenvalue weighted by Gasteiger charge is 2.19. The molecule has 0 bridgehead atoms. The van der Waals surface area contributed by atoms with Crippen LogP contribution in [-0.2, 0) is 10.0 Å². The van der Waals surface area contributed by atoms with Crippen molar-refractivity contribution in [1.29, 1.82) is 0 Å². The number of rotatable bonds is 6. The van der Waals surface area contributed by atoms with Crippen molar-refractivity contribution in [2.75, 3.05) is 6.54 Å². The molecule has 1 aromatic carbocycles. The quantitative estimate of drug-likeness (QED) is 0.822. The van der Waals surface area contributed by atoms with Gasteiger partial charge in [-0.25, -0.2) is 17.5 Å². The monoisotopic (exact) mass is 298 g/mol. The van der Waals surface area contributed by atoms with Crippen molar-refractivity contribution in [1.82, 2.24) is 4.72 Å². The molecule has 0 aliphatic heterocycles. The lowest BCUT2D eigenvalue weighted by molar-refractivity contribution is -0.0522. The zero-order valence-electron chi connectivity index (χ0n) is 9.94. The molecule has 0 heterocycles. The molecule has 0 unspecified atom stereocenters. The smallest absolute Gasteiger partial charge is 0.387 e. The average Bonchev–Trinajstić information content (AvgIpc) is 2.30. The van der Waals surface area contributed by atoms with Gasteiger partial charge in [0.1, 0.15) is 0 Å². The van der Waals surface area contributed by atoms with Crippen molar-refractivity contribution < 1.29 is 26.3 Å². The van der Waals surface area contributed by atoms with Gasteiger partial charge >= 0.3 is 6.61 Å². The first-order valence-corrected chi connectivity index (χ1v) is 6.71. The van der Waals surface area contributed by atoms with E-state index in [-0.39, 0.29) is 6.54 Å². The molecule has 0 aliphatic carbocycles. The van der Waals surface area contributed by atoms with Crippen LogP contribution in [0.5, 0.6) is 5.75 Å². The highest BCUT2D eigenvalue weighted by Crippen LogP contribution is 2.22. The van der Waals surface area contributed by atoms with Crippen LogP contribution in [0.4, 0.5) is 13.2 Å². The molecule has 0 amide bonds. The zero-order valence-corrected chi connectivity index (χ0v) is 10.8. The predicted octanol–water partition coefficient (Wildman–Crippen LogP) is 1.05. The second kappa shape index (κ2) is 6.22. The molecule has 1 atom stereocenters. The Hall–Kier alpha value is -1.32. The number of ether oxygens (including phenoxy) is 1. The molecule has 0 spiro atoms. The first-order chi connectivity index (χ1) is 8.76. The van der Waals surface area contributed by atoms with E-state index in [2.05, 4.69) is 9.46 Å². The van der Waals surface area contributed by atoms with Crippen LogP contribution in [0.1, 0.15) is 6.92 Å². The molecule has 0 saturated heterocycles. The zero-order chi connectivity index (χ0) is 14.6. The molecule has 0 fully saturated rings. The first-order valence-electron chi connectivity index (χ1n) is 5.23. The second-order valence-electron chi connectivity index (χ2n) is 3.73. The van der Waals surface area contributed by atoms with Crippen molar-refractivity contribution in [3.8, 4) is 5.75 Å². The maximum absolute atomic E-state index is 13.4. The summed E-state index contributed by atoms with van der Waals surface area (Å²) in [5.74, 6) is -1.91. The van der Waals surface area contributed by atoms with E-state index in [1.54, 1.807) is 0 Å². The van der Waals surface area contributed by atoms with Gasteiger partial charge in [0.15, 0.2) is 11.6 Å². The van der Waals surface area contributed by atoms with Crippen LogP contribution in [0, 0.1) is 5.82 Å². The van der Waals surface area contributed by atoms with Crippen LogP contribution in [0.25, 0.3) is 0 Å². The lowest BCUT2D eigenvalue weighted by atomic mass is 10.3. The van der Waals surface area contributed by atoms with E-state index in [0.29, 0.717) is 6.07 Å². The summed E-state index contributed by atoms with van der Waals surface area (Å²) >= 11 is 0. The van der Waals surface area contributed by atoms with Gasteiger partial charge in [0.05, 0.1) is 4.90 Å². The Bertz CT molecular complexity index is 537. The van der Waals surface area contributed by atoms with Gasteiger partial charge in [-0.2, -0.15) is 8.78 Å². The van der Waals surface area contributed by atoms with E-state index in [1.165, 1.54) is 6.92 Å². The lowest BCUT2D eigenvalue weighted by Gasteiger charge is -2.13. The van der Waals surface area contributed by atoms with Crippen LogP contribution < -0.4 is 15.2 Å². The minimum absolute atomic E-state index is 0.0638. The Morgan fingerprint density at radius 3 is 2.53 bits per heavy atom. The highest BCUT2D eigenvalue weighted by molar-refractivity contribution is 7.89. The fraction of sp³-hybridized carbons (Fsp3) is 0.400. The van der Waals surface area contributed by atoms with E-state index < -0.39 is 39.1 Å². The van der Waals surface area contributed by atoms with Crippen LogP contribution in [0.3, 0.4) is 0 Å². The van der Waals surface area contributed by atoms with Crippen molar-refractivity contribution in [2.45, 2.75) is 24.5 Å². The number of halogens is 3. The minimum Gasteiger partial charge on any atom is -0.432 e. The summed E-state index contributed by atoms with van der Waals surface area (Å²) < 4.78 is 66.8. The van der Waals surface area contributed by atoms with Crippen LogP contribution in [0.2, 0.25) is 0 Å². The molecular formula is C10H13F3N2O3S. The largest absolute Gasteiger partial charge is 0.432 e. The standard InChI is InChI=1S/C10H13F3N2O3S/c1-6(5-14)15-19(16,17)7-2-3-9(8(11)4-7)18-10(12)13/h2-4,6,10,15H,5,14H2,1H3/t6-/m1/s1. The molecule has 3 N–H and O–H groups in total. The predicted molar refractivity (Wildman–Crippen MR) is 61.9 cm³/mol. The normalized spacial score (nSPS) is 13.6. The van der Waals surface area contributed by atoms with Gasteiger partial charge in [-0.1, -0.05) is 0 Å². The van der Waals surface area contributed by atoms with Gasteiger partial charge in [0, 0.05) is 12.6 Å². The Labute approximate surface area is 108 Å². The number of hydrogen-bond donors (Lipinski definition) is 2. The maximum Gasteiger partial charge on any atom is 0.387 e. The molecular weight excluding hydrogens is 285 g/mol. The van der Waals surface area contributed by atoms with Gasteiger partial charge in [-0.3, -0.25) is 0 Å². The van der Waals surface area contributed by atoms with E-state index in [1.807, 2.05) is 0 Å². The van der Waals surface area contributed by atoms with Crippen LogP contribution in [0.15, 0.2) is 23.1 Å². The Balaban J connectivity index is 3.00. The third-order valence-electron chi connectivity index (χ3n) is 2.14. The summed E-state index contributed by atoms with van der Waals surface area (Å²) in [6.45, 7) is -1.59. The minimum atomic E-state index is -3.95. The van der Waals surface area contributed by atoms with E-state index in [9.17, 15) is 21.6 Å². The number of nitrogens with two attached hydrogens (primary N) is 1. The van der Waals surface area contributed by atoms with Crippen molar-refractivity contribution in [3.05, 3.63) is 24.0 Å². The summed E-state index contributed by atoms with van der Waals surface area (Å²) in [5, 5.41) is 0. The summed E-state index contributed by atoms with van der Waals surface area (Å²) in [5.41, 5.74) is 5.26. The van der Waals surface area contributed by atoms with Crippen LogP contribution in [-0.4, -0.2) is 27.6 Å². The molecule has 108 valence electrons. The van der Waals surface area contributed by atoms with Gasteiger partial charge in [0.2, 0.25) is 10.0 Å². The highest BCUT2D eigenvalue weighted by atomic mass is 32.2. The van der Waals surface area contributed by atoms with E-state index >= 15 is 0 Å². The summed E-state index contributed by atoms with van der Waals surface area (Å²) in [6.07, 6.45) is 0. The van der Waals surface area contributed by atoms with Crippen LogP contribution >= 0.6 is 0 Å². The third-order valence-corrected chi connectivity index (χ3v) is 3.73. The third kappa shape index (κ3) is 4.37. The second-order valence-corrected chi connectivity index (χ2v) is 5.44. The number of hydrogen-bond acceptors (Lipinski definition) is 4. The summed E-state index contributed by atoms with van der Waals surface area (Å²) in [6, 6.07) is 1.85. The number of sulfonamides is 1. The average molecular weight is 298 g/mol. The van der Waals surface area contributed by atoms with Crippen molar-refractivity contribution in [2.24, 2.45) is 5.73 Å². The van der Waals surface area contributed by atoms with Crippen molar-refractivity contribution >= 4 is 10.0 Å². The Morgan fingerprint density at radius 2 is 2.05 bits per heavy atom. The topological polar surface area (TPSA) is 81.4 Å². The number of alkyl halides is 2. The molecule has 19 heavy (non-hydrogen) atoms. The SMILES string of the molecule is C[C@H](CN)NS(=O)(=O)c1ccc(OC(F)F)c(F)c1. The van der Waals surface area contributed by atoms with Gasteiger partial charge in [0.25, 0.3) is 0 Å². The molecule has 0 radical (unpaired) electrons. The number of benzene rings is 1. The molecule has 5 nitrogen and oxygen atoms in total. The maximum atomic E-state index is 13.4. The number of nitrogens with one attached hydrogen (secondary N) is 1. The Kier molecular flexibility index (Phi) is 5.15. The first kappa shape index (κ1) is 15.7. The summed E-state index contributed by atoms with van der Waals surface area (Å²) in [4.78, 5) is -0.396. The van der Waals surface area contributed by atoms with E-state index in [4.69, 9.17) is 5.73 Å². The van der Waals surface area contributed by atoms with E-state index in [0.717, 1.165) is 12.1 Å². The molecule has 0 aromatic heterocycles. The van der Waals surface area contributed by atoms with Gasteiger partial charge in [-0.15, -0.1) is 0 Å². The fourth-order valence-corrected chi connectivity index (χ4v) is 2.49.